The van der Waals surface area contributed by atoms with Gasteiger partial charge in [-0.2, -0.15) is 0 Å². The molecule has 0 aliphatic carbocycles. The van der Waals surface area contributed by atoms with Crippen molar-refractivity contribution in [3.8, 4) is 5.75 Å². The van der Waals surface area contributed by atoms with Crippen molar-refractivity contribution in [1.82, 2.24) is 5.32 Å². The fraction of sp³-hybridized carbons (Fsp3) is 0.389. The van der Waals surface area contributed by atoms with Crippen molar-refractivity contribution < 1.29 is 13.9 Å². The first-order valence-corrected chi connectivity index (χ1v) is 8.50. The molecule has 0 spiro atoms. The normalized spacial score (nSPS) is 12.0. The van der Waals surface area contributed by atoms with Crippen LogP contribution in [0.5, 0.6) is 5.75 Å². The number of amides is 1. The molecular formula is C18H22BrNO3. The van der Waals surface area contributed by atoms with Gasteiger partial charge in [0.15, 0.2) is 0 Å². The second-order valence-corrected chi connectivity index (χ2v) is 6.39. The number of carbonyl (C=O) groups is 1. The Morgan fingerprint density at radius 2 is 2.09 bits per heavy atom. The molecule has 1 heterocycles. The van der Waals surface area contributed by atoms with Gasteiger partial charge in [-0.1, -0.05) is 12.1 Å². The van der Waals surface area contributed by atoms with Gasteiger partial charge in [0.1, 0.15) is 17.3 Å². The van der Waals surface area contributed by atoms with E-state index < -0.39 is 0 Å². The summed E-state index contributed by atoms with van der Waals surface area (Å²) >= 11 is 3.43. The quantitative estimate of drug-likeness (QED) is 0.709. The number of furan rings is 1. The Balaban J connectivity index is 1.73. The van der Waals surface area contributed by atoms with Crippen molar-refractivity contribution >= 4 is 21.8 Å². The van der Waals surface area contributed by atoms with Gasteiger partial charge in [0, 0.05) is 12.0 Å². The topological polar surface area (TPSA) is 51.5 Å². The third-order valence-electron chi connectivity index (χ3n) is 3.57. The molecule has 5 heteroatoms. The van der Waals surface area contributed by atoms with Gasteiger partial charge in [-0.25, -0.2) is 0 Å². The Morgan fingerprint density at radius 3 is 2.74 bits per heavy atom. The van der Waals surface area contributed by atoms with Crippen LogP contribution >= 0.6 is 15.9 Å². The minimum atomic E-state index is -0.0517. The molecule has 23 heavy (non-hydrogen) atoms. The molecule has 0 saturated heterocycles. The van der Waals surface area contributed by atoms with Gasteiger partial charge < -0.3 is 14.5 Å². The Labute approximate surface area is 145 Å². The molecule has 1 N–H and O–H groups in total. The SMILES string of the molecule is Cc1cc(C(C)NC(=O)CCCOc2ccccc2Br)c(C)o1. The number of nitrogens with one attached hydrogen (secondary N) is 1. The zero-order valence-corrected chi connectivity index (χ0v) is 15.3. The number of benzene rings is 1. The number of aryl methyl sites for hydroxylation is 2. The summed E-state index contributed by atoms with van der Waals surface area (Å²) in [4.78, 5) is 12.0. The van der Waals surface area contributed by atoms with Gasteiger partial charge in [-0.15, -0.1) is 0 Å². The van der Waals surface area contributed by atoms with E-state index in [4.69, 9.17) is 9.15 Å². The van der Waals surface area contributed by atoms with E-state index in [-0.39, 0.29) is 11.9 Å². The molecule has 0 fully saturated rings. The second-order valence-electron chi connectivity index (χ2n) is 5.54. The standard InChI is InChI=1S/C18H22BrNO3/c1-12-11-15(14(3)23-12)13(2)20-18(21)9-6-10-22-17-8-5-4-7-16(17)19/h4-5,7-8,11,13H,6,9-10H2,1-3H3,(H,20,21). The fourth-order valence-corrected chi connectivity index (χ4v) is 2.85. The van der Waals surface area contributed by atoms with Crippen molar-refractivity contribution in [2.45, 2.75) is 39.7 Å². The maximum Gasteiger partial charge on any atom is 0.220 e. The highest BCUT2D eigenvalue weighted by atomic mass is 79.9. The average molecular weight is 380 g/mol. The molecule has 1 amide bonds. The summed E-state index contributed by atoms with van der Waals surface area (Å²) in [6, 6.07) is 9.60. The number of para-hydroxylation sites is 1. The summed E-state index contributed by atoms with van der Waals surface area (Å²) in [6.07, 6.45) is 1.11. The van der Waals surface area contributed by atoms with E-state index in [1.807, 2.05) is 51.1 Å². The van der Waals surface area contributed by atoms with E-state index in [1.165, 1.54) is 0 Å². The molecule has 0 aliphatic rings. The van der Waals surface area contributed by atoms with E-state index in [1.54, 1.807) is 0 Å². The number of hydrogen-bond acceptors (Lipinski definition) is 3. The molecule has 124 valence electrons. The summed E-state index contributed by atoms with van der Waals surface area (Å²) < 4.78 is 12.1. The number of hydrogen-bond donors (Lipinski definition) is 1. The summed E-state index contributed by atoms with van der Waals surface area (Å²) in [6.45, 7) is 6.29. The summed E-state index contributed by atoms with van der Waals surface area (Å²) in [5, 5.41) is 3.00. The second kappa shape index (κ2) is 8.20. The Hall–Kier alpha value is -1.75. The minimum absolute atomic E-state index is 0.0199. The third-order valence-corrected chi connectivity index (χ3v) is 4.22. The molecule has 1 atom stereocenters. The van der Waals surface area contributed by atoms with Crippen LogP contribution in [-0.4, -0.2) is 12.5 Å². The number of ether oxygens (including phenoxy) is 1. The zero-order chi connectivity index (χ0) is 16.8. The summed E-state index contributed by atoms with van der Waals surface area (Å²) in [5.74, 6) is 2.53. The molecule has 1 aromatic heterocycles. The maximum absolute atomic E-state index is 12.0. The maximum atomic E-state index is 12.0. The minimum Gasteiger partial charge on any atom is -0.492 e. The third kappa shape index (κ3) is 5.13. The number of halogens is 1. The van der Waals surface area contributed by atoms with Gasteiger partial charge in [0.05, 0.1) is 17.1 Å². The molecule has 0 radical (unpaired) electrons. The summed E-state index contributed by atoms with van der Waals surface area (Å²) in [7, 11) is 0. The number of rotatable bonds is 7. The lowest BCUT2D eigenvalue weighted by atomic mass is 10.1. The lowest BCUT2D eigenvalue weighted by molar-refractivity contribution is -0.121. The number of carbonyl (C=O) groups excluding carboxylic acids is 1. The van der Waals surface area contributed by atoms with Crippen LogP contribution in [0.3, 0.4) is 0 Å². The molecule has 1 aromatic carbocycles. The predicted molar refractivity (Wildman–Crippen MR) is 93.6 cm³/mol. The molecule has 4 nitrogen and oxygen atoms in total. The van der Waals surface area contributed by atoms with Crippen molar-refractivity contribution in [3.05, 3.63) is 51.9 Å². The Bertz CT molecular complexity index is 666. The molecule has 0 saturated carbocycles. The monoisotopic (exact) mass is 379 g/mol. The van der Waals surface area contributed by atoms with Gasteiger partial charge in [0.2, 0.25) is 5.91 Å². The van der Waals surface area contributed by atoms with Crippen molar-refractivity contribution in [2.75, 3.05) is 6.61 Å². The van der Waals surface area contributed by atoms with Crippen molar-refractivity contribution in [2.24, 2.45) is 0 Å². The highest BCUT2D eigenvalue weighted by Crippen LogP contribution is 2.24. The van der Waals surface area contributed by atoms with E-state index in [2.05, 4.69) is 21.2 Å². The first-order valence-electron chi connectivity index (χ1n) is 7.71. The van der Waals surface area contributed by atoms with Gasteiger partial charge in [0.25, 0.3) is 0 Å². The van der Waals surface area contributed by atoms with Crippen LogP contribution in [0.4, 0.5) is 0 Å². The summed E-state index contributed by atoms with van der Waals surface area (Å²) in [5.41, 5.74) is 1.03. The van der Waals surface area contributed by atoms with Crippen LogP contribution in [0.15, 0.2) is 39.2 Å². The van der Waals surface area contributed by atoms with Crippen molar-refractivity contribution in [1.29, 1.82) is 0 Å². The first-order chi connectivity index (χ1) is 11.0. The molecule has 2 aromatic rings. The molecule has 1 unspecified atom stereocenters. The van der Waals surface area contributed by atoms with E-state index in [0.29, 0.717) is 19.4 Å². The lowest BCUT2D eigenvalue weighted by Crippen LogP contribution is -2.26. The van der Waals surface area contributed by atoms with Crippen LogP contribution in [0.25, 0.3) is 0 Å². The Morgan fingerprint density at radius 1 is 1.35 bits per heavy atom. The lowest BCUT2D eigenvalue weighted by Gasteiger charge is -2.13. The van der Waals surface area contributed by atoms with E-state index in [9.17, 15) is 4.79 Å². The van der Waals surface area contributed by atoms with Crippen molar-refractivity contribution in [3.63, 3.8) is 0 Å². The van der Waals surface area contributed by atoms with Gasteiger partial charge >= 0.3 is 0 Å². The Kier molecular flexibility index (Phi) is 6.28. The fourth-order valence-electron chi connectivity index (χ4n) is 2.45. The highest BCUT2D eigenvalue weighted by molar-refractivity contribution is 9.10. The highest BCUT2D eigenvalue weighted by Gasteiger charge is 2.14. The largest absolute Gasteiger partial charge is 0.492 e. The predicted octanol–water partition coefficient (Wildman–Crippen LogP) is 4.70. The van der Waals surface area contributed by atoms with Crippen LogP contribution in [-0.2, 0) is 4.79 Å². The molecule has 0 bridgehead atoms. The first kappa shape index (κ1) is 17.6. The average Bonchev–Trinajstić information content (AvgIpc) is 2.84. The van der Waals surface area contributed by atoms with Gasteiger partial charge in [-0.05, 0) is 61.3 Å². The van der Waals surface area contributed by atoms with Crippen LogP contribution < -0.4 is 10.1 Å². The van der Waals surface area contributed by atoms with E-state index in [0.717, 1.165) is 27.3 Å². The molecular weight excluding hydrogens is 358 g/mol. The molecule has 2 rings (SSSR count). The van der Waals surface area contributed by atoms with Crippen LogP contribution in [0.1, 0.15) is 42.9 Å². The smallest absolute Gasteiger partial charge is 0.220 e. The van der Waals surface area contributed by atoms with Crippen LogP contribution in [0.2, 0.25) is 0 Å². The molecule has 0 aliphatic heterocycles. The van der Waals surface area contributed by atoms with Crippen LogP contribution in [0, 0.1) is 13.8 Å². The zero-order valence-electron chi connectivity index (χ0n) is 13.7. The van der Waals surface area contributed by atoms with E-state index >= 15 is 0 Å². The van der Waals surface area contributed by atoms with Gasteiger partial charge in [-0.3, -0.25) is 4.79 Å².